The van der Waals surface area contributed by atoms with Crippen molar-refractivity contribution in [3.05, 3.63) is 44.8 Å². The first-order valence-corrected chi connectivity index (χ1v) is 8.69. The number of amides is 1. The van der Waals surface area contributed by atoms with Crippen molar-refractivity contribution in [2.24, 2.45) is 5.92 Å². The third kappa shape index (κ3) is 5.25. The van der Waals surface area contributed by atoms with Crippen LogP contribution >= 0.6 is 11.3 Å². The molecule has 2 rings (SSSR count). The van der Waals surface area contributed by atoms with E-state index in [0.717, 1.165) is 16.9 Å². The van der Waals surface area contributed by atoms with E-state index in [0.29, 0.717) is 22.3 Å². The number of rotatable bonds is 6. The van der Waals surface area contributed by atoms with Gasteiger partial charge in [0.05, 0.1) is 12.3 Å². The molecule has 0 bridgehead atoms. The zero-order valence-corrected chi connectivity index (χ0v) is 15.5. The molecule has 0 aliphatic carbocycles. The molecule has 0 fully saturated rings. The Hall–Kier alpha value is -2.48. The van der Waals surface area contributed by atoms with Gasteiger partial charge in [-0.3, -0.25) is 9.59 Å². The standard InChI is InChI=1S/C17H21N3O4S/c1-10(2)9-24-16(23)15-12(4)18-17(25-15)19-13(21)8-20-6-5-11(3)7-14(20)22/h5-7,10H,8-9H2,1-4H3,(H,18,19,21). The highest BCUT2D eigenvalue weighted by atomic mass is 32.1. The zero-order chi connectivity index (χ0) is 18.6. The Morgan fingerprint density at radius 1 is 1.36 bits per heavy atom. The van der Waals surface area contributed by atoms with E-state index >= 15 is 0 Å². The molecule has 1 N–H and O–H groups in total. The minimum Gasteiger partial charge on any atom is -0.461 e. The summed E-state index contributed by atoms with van der Waals surface area (Å²) in [7, 11) is 0. The van der Waals surface area contributed by atoms with Gasteiger partial charge in [-0.15, -0.1) is 0 Å². The van der Waals surface area contributed by atoms with Gasteiger partial charge in [0.15, 0.2) is 5.13 Å². The van der Waals surface area contributed by atoms with Gasteiger partial charge in [-0.1, -0.05) is 25.2 Å². The molecule has 2 heterocycles. The van der Waals surface area contributed by atoms with Crippen LogP contribution in [0.3, 0.4) is 0 Å². The molecule has 25 heavy (non-hydrogen) atoms. The topological polar surface area (TPSA) is 90.3 Å². The number of anilines is 1. The number of aromatic nitrogens is 2. The molecule has 0 aromatic carbocycles. The molecule has 2 aromatic rings. The normalized spacial score (nSPS) is 10.8. The number of hydrogen-bond donors (Lipinski definition) is 1. The lowest BCUT2D eigenvalue weighted by Gasteiger charge is -2.06. The van der Waals surface area contributed by atoms with Crippen LogP contribution in [0.1, 0.15) is 34.8 Å². The van der Waals surface area contributed by atoms with Gasteiger partial charge >= 0.3 is 5.97 Å². The van der Waals surface area contributed by atoms with Gasteiger partial charge in [0, 0.05) is 12.3 Å². The fraction of sp³-hybridized carbons (Fsp3) is 0.412. The number of aryl methyl sites for hydroxylation is 2. The highest BCUT2D eigenvalue weighted by molar-refractivity contribution is 7.17. The average molecular weight is 363 g/mol. The summed E-state index contributed by atoms with van der Waals surface area (Å²) >= 11 is 1.06. The number of pyridine rings is 1. The van der Waals surface area contributed by atoms with E-state index in [2.05, 4.69) is 10.3 Å². The van der Waals surface area contributed by atoms with Crippen molar-refractivity contribution in [3.63, 3.8) is 0 Å². The molecule has 0 atom stereocenters. The SMILES string of the molecule is Cc1ccn(CC(=O)Nc2nc(C)c(C(=O)OCC(C)C)s2)c(=O)c1. The smallest absolute Gasteiger partial charge is 0.350 e. The number of carbonyl (C=O) groups is 2. The highest BCUT2D eigenvalue weighted by Crippen LogP contribution is 2.23. The van der Waals surface area contributed by atoms with Crippen LogP contribution in [-0.4, -0.2) is 28.0 Å². The third-order valence-corrected chi connectivity index (χ3v) is 4.29. The van der Waals surface area contributed by atoms with Crippen LogP contribution in [0, 0.1) is 19.8 Å². The Labute approximate surface area is 149 Å². The van der Waals surface area contributed by atoms with E-state index in [1.165, 1.54) is 10.6 Å². The van der Waals surface area contributed by atoms with Gasteiger partial charge in [0.1, 0.15) is 11.4 Å². The summed E-state index contributed by atoms with van der Waals surface area (Å²) in [6.07, 6.45) is 1.57. The number of ether oxygens (including phenoxy) is 1. The zero-order valence-electron chi connectivity index (χ0n) is 14.7. The second kappa shape index (κ2) is 8.06. The first kappa shape index (κ1) is 18.9. The number of esters is 1. The first-order chi connectivity index (χ1) is 11.8. The Kier molecular flexibility index (Phi) is 6.08. The summed E-state index contributed by atoms with van der Waals surface area (Å²) in [5.41, 5.74) is 1.09. The van der Waals surface area contributed by atoms with E-state index in [1.807, 2.05) is 20.8 Å². The van der Waals surface area contributed by atoms with E-state index in [-0.39, 0.29) is 23.9 Å². The van der Waals surface area contributed by atoms with Crippen molar-refractivity contribution >= 4 is 28.3 Å². The molecular weight excluding hydrogens is 342 g/mol. The van der Waals surface area contributed by atoms with Crippen molar-refractivity contribution in [2.45, 2.75) is 34.2 Å². The Balaban J connectivity index is 2.03. The minimum absolute atomic E-state index is 0.120. The van der Waals surface area contributed by atoms with Crippen LogP contribution in [0.25, 0.3) is 0 Å². The molecule has 0 unspecified atom stereocenters. The van der Waals surface area contributed by atoms with Crippen LogP contribution in [0.15, 0.2) is 23.1 Å². The van der Waals surface area contributed by atoms with E-state index < -0.39 is 5.97 Å². The van der Waals surface area contributed by atoms with Crippen molar-refractivity contribution in [1.29, 1.82) is 0 Å². The van der Waals surface area contributed by atoms with Crippen LogP contribution in [0.5, 0.6) is 0 Å². The largest absolute Gasteiger partial charge is 0.461 e. The fourth-order valence-electron chi connectivity index (χ4n) is 2.00. The van der Waals surface area contributed by atoms with E-state index in [1.54, 1.807) is 19.2 Å². The molecule has 7 nitrogen and oxygen atoms in total. The summed E-state index contributed by atoms with van der Waals surface area (Å²) in [5.74, 6) is -0.593. The molecule has 8 heteroatoms. The van der Waals surface area contributed by atoms with Crippen LogP contribution < -0.4 is 10.9 Å². The summed E-state index contributed by atoms with van der Waals surface area (Å²) in [6.45, 7) is 7.60. The van der Waals surface area contributed by atoms with Gasteiger partial charge in [0.2, 0.25) is 5.91 Å². The predicted octanol–water partition coefficient (Wildman–Crippen LogP) is 2.37. The summed E-state index contributed by atoms with van der Waals surface area (Å²) in [6, 6.07) is 3.22. The van der Waals surface area contributed by atoms with Crippen molar-refractivity contribution < 1.29 is 14.3 Å². The number of hydrogen-bond acceptors (Lipinski definition) is 6. The van der Waals surface area contributed by atoms with Crippen LogP contribution in [-0.2, 0) is 16.1 Å². The monoisotopic (exact) mass is 363 g/mol. The minimum atomic E-state index is -0.445. The Morgan fingerprint density at radius 2 is 2.08 bits per heavy atom. The molecule has 1 amide bonds. The molecule has 2 aromatic heterocycles. The molecule has 0 radical (unpaired) electrons. The van der Waals surface area contributed by atoms with Crippen molar-refractivity contribution in [1.82, 2.24) is 9.55 Å². The molecular formula is C17H21N3O4S. The highest BCUT2D eigenvalue weighted by Gasteiger charge is 2.18. The number of nitrogens with zero attached hydrogens (tertiary/aromatic N) is 2. The quantitative estimate of drug-likeness (QED) is 0.796. The first-order valence-electron chi connectivity index (χ1n) is 7.87. The van der Waals surface area contributed by atoms with Gasteiger partial charge in [-0.25, -0.2) is 9.78 Å². The Morgan fingerprint density at radius 3 is 2.72 bits per heavy atom. The second-order valence-corrected chi connectivity index (χ2v) is 7.14. The molecule has 0 aliphatic heterocycles. The van der Waals surface area contributed by atoms with Crippen molar-refractivity contribution in [2.75, 3.05) is 11.9 Å². The lowest BCUT2D eigenvalue weighted by molar-refractivity contribution is -0.116. The summed E-state index contributed by atoms with van der Waals surface area (Å²) in [5, 5.41) is 2.92. The lowest BCUT2D eigenvalue weighted by atomic mass is 10.2. The van der Waals surface area contributed by atoms with Crippen molar-refractivity contribution in [3.8, 4) is 0 Å². The number of nitrogens with one attached hydrogen (secondary N) is 1. The maximum atomic E-state index is 12.1. The fourth-order valence-corrected chi connectivity index (χ4v) is 2.87. The predicted molar refractivity (Wildman–Crippen MR) is 96.0 cm³/mol. The molecule has 0 spiro atoms. The maximum Gasteiger partial charge on any atom is 0.350 e. The molecule has 0 saturated heterocycles. The van der Waals surface area contributed by atoms with Gasteiger partial charge < -0.3 is 14.6 Å². The molecule has 0 saturated carbocycles. The molecule has 0 aliphatic rings. The van der Waals surface area contributed by atoms with E-state index in [4.69, 9.17) is 4.74 Å². The van der Waals surface area contributed by atoms with Crippen LogP contribution in [0.4, 0.5) is 5.13 Å². The van der Waals surface area contributed by atoms with E-state index in [9.17, 15) is 14.4 Å². The molecule has 134 valence electrons. The Bertz CT molecular complexity index is 839. The lowest BCUT2D eigenvalue weighted by Crippen LogP contribution is -2.26. The summed E-state index contributed by atoms with van der Waals surface area (Å²) in [4.78, 5) is 40.5. The van der Waals surface area contributed by atoms with Crippen LogP contribution in [0.2, 0.25) is 0 Å². The van der Waals surface area contributed by atoms with Gasteiger partial charge in [-0.2, -0.15) is 0 Å². The average Bonchev–Trinajstić information content (AvgIpc) is 2.88. The van der Waals surface area contributed by atoms with Gasteiger partial charge in [-0.05, 0) is 31.4 Å². The number of carbonyl (C=O) groups excluding carboxylic acids is 2. The second-order valence-electron chi connectivity index (χ2n) is 6.14. The summed E-state index contributed by atoms with van der Waals surface area (Å²) < 4.78 is 6.49. The number of thiazole rings is 1. The van der Waals surface area contributed by atoms with Gasteiger partial charge in [0.25, 0.3) is 5.56 Å². The maximum absolute atomic E-state index is 12.1. The third-order valence-electron chi connectivity index (χ3n) is 3.24.